The first-order valence-corrected chi connectivity index (χ1v) is 8.92. The lowest BCUT2D eigenvalue weighted by Gasteiger charge is -2.22. The molecule has 4 heteroatoms. The summed E-state index contributed by atoms with van der Waals surface area (Å²) in [5, 5.41) is 0.750. The van der Waals surface area contributed by atoms with Crippen molar-refractivity contribution in [2.45, 2.75) is 19.7 Å². The van der Waals surface area contributed by atoms with Gasteiger partial charge in [-0.1, -0.05) is 41.4 Å². The molecule has 1 aliphatic rings. The maximum atomic E-state index is 6.01. The summed E-state index contributed by atoms with van der Waals surface area (Å²) in [5.74, 6) is 0. The first kappa shape index (κ1) is 16.4. The molecule has 0 aliphatic carbocycles. The summed E-state index contributed by atoms with van der Waals surface area (Å²) in [4.78, 5) is 2.39. The van der Waals surface area contributed by atoms with Gasteiger partial charge < -0.3 is 9.30 Å². The van der Waals surface area contributed by atoms with Crippen molar-refractivity contribution in [1.29, 1.82) is 0 Å². The molecule has 1 aliphatic heterocycles. The van der Waals surface area contributed by atoms with Crippen LogP contribution in [0.25, 0.3) is 5.69 Å². The van der Waals surface area contributed by atoms with E-state index < -0.39 is 0 Å². The molecular formula is C21H21ClN2O. The third kappa shape index (κ3) is 3.64. The Morgan fingerprint density at radius 2 is 1.96 bits per heavy atom. The maximum Gasteiger partial charge on any atom is 0.138 e. The number of hydrogen-bond donors (Lipinski definition) is 0. The van der Waals surface area contributed by atoms with E-state index in [4.69, 9.17) is 16.3 Å². The molecule has 0 amide bonds. The molecule has 0 spiro atoms. The number of rotatable bonds is 4. The Morgan fingerprint density at radius 3 is 2.76 bits per heavy atom. The van der Waals surface area contributed by atoms with E-state index in [1.54, 1.807) is 0 Å². The molecule has 0 saturated carbocycles. The van der Waals surface area contributed by atoms with Gasteiger partial charge in [0.25, 0.3) is 0 Å². The van der Waals surface area contributed by atoms with E-state index in [0.717, 1.165) is 30.4 Å². The average molecular weight is 353 g/mol. The number of ether oxygens (including phenoxy) is 1. The number of benzene rings is 2. The van der Waals surface area contributed by atoms with Crippen molar-refractivity contribution in [3.05, 3.63) is 88.7 Å². The van der Waals surface area contributed by atoms with Crippen LogP contribution in [0.2, 0.25) is 5.02 Å². The molecule has 1 aromatic heterocycles. The average Bonchev–Trinajstić information content (AvgIpc) is 3.25. The maximum absolute atomic E-state index is 6.01. The fourth-order valence-corrected chi connectivity index (χ4v) is 3.48. The standard InChI is InChI=1S/C21H21ClN2O/c1-16-3-2-4-17(13-16)14-24-11-12-25-21(24)18-9-10-23(15-18)20-7-5-19(22)6-8-20/h2-10,13,15,21H,11-12,14H2,1H3/t21-/m0/s1. The van der Waals surface area contributed by atoms with Crippen LogP contribution in [0, 0.1) is 6.92 Å². The molecule has 1 saturated heterocycles. The topological polar surface area (TPSA) is 17.4 Å². The Kier molecular flexibility index (Phi) is 4.62. The molecule has 1 atom stereocenters. The highest BCUT2D eigenvalue weighted by Gasteiger charge is 2.27. The SMILES string of the molecule is Cc1cccc(CN2CCO[C@H]2c2ccn(-c3ccc(Cl)cc3)c2)c1. The second kappa shape index (κ2) is 7.04. The van der Waals surface area contributed by atoms with Crippen LogP contribution in [-0.2, 0) is 11.3 Å². The number of hydrogen-bond acceptors (Lipinski definition) is 2. The minimum Gasteiger partial charge on any atom is -0.357 e. The van der Waals surface area contributed by atoms with Gasteiger partial charge in [-0.2, -0.15) is 0 Å². The second-order valence-electron chi connectivity index (χ2n) is 6.51. The molecule has 0 radical (unpaired) electrons. The minimum absolute atomic E-state index is 0.00839. The van der Waals surface area contributed by atoms with Crippen LogP contribution in [0.3, 0.4) is 0 Å². The molecule has 25 heavy (non-hydrogen) atoms. The molecule has 1 fully saturated rings. The van der Waals surface area contributed by atoms with Gasteiger partial charge in [0.15, 0.2) is 0 Å². The Morgan fingerprint density at radius 1 is 1.12 bits per heavy atom. The van der Waals surface area contributed by atoms with Crippen molar-refractivity contribution in [1.82, 2.24) is 9.47 Å². The quantitative estimate of drug-likeness (QED) is 0.659. The van der Waals surface area contributed by atoms with Gasteiger partial charge in [-0.25, -0.2) is 0 Å². The van der Waals surface area contributed by atoms with Gasteiger partial charge in [0.2, 0.25) is 0 Å². The lowest BCUT2D eigenvalue weighted by molar-refractivity contribution is 0.0288. The summed E-state index contributed by atoms with van der Waals surface area (Å²) in [6, 6.07) is 18.7. The summed E-state index contributed by atoms with van der Waals surface area (Å²) in [6.45, 7) is 4.75. The normalized spacial score (nSPS) is 17.9. The first-order valence-electron chi connectivity index (χ1n) is 8.54. The number of nitrogens with zero attached hydrogens (tertiary/aromatic N) is 2. The van der Waals surface area contributed by atoms with E-state index in [2.05, 4.69) is 59.1 Å². The zero-order valence-electron chi connectivity index (χ0n) is 14.2. The van der Waals surface area contributed by atoms with Crippen LogP contribution < -0.4 is 0 Å². The minimum atomic E-state index is 0.00839. The highest BCUT2D eigenvalue weighted by Crippen LogP contribution is 2.29. The predicted octanol–water partition coefficient (Wildman–Crippen LogP) is 4.97. The van der Waals surface area contributed by atoms with Gasteiger partial charge >= 0.3 is 0 Å². The molecule has 0 unspecified atom stereocenters. The van der Waals surface area contributed by atoms with Crippen LogP contribution in [0.5, 0.6) is 0 Å². The molecule has 4 rings (SSSR count). The fourth-order valence-electron chi connectivity index (χ4n) is 3.35. The Balaban J connectivity index is 1.53. The Labute approximate surface area is 153 Å². The van der Waals surface area contributed by atoms with Crippen LogP contribution in [0.4, 0.5) is 0 Å². The van der Waals surface area contributed by atoms with Gasteiger partial charge in [0, 0.05) is 41.8 Å². The van der Waals surface area contributed by atoms with Gasteiger partial charge in [0.1, 0.15) is 6.23 Å². The largest absolute Gasteiger partial charge is 0.357 e. The zero-order valence-corrected chi connectivity index (χ0v) is 15.0. The summed E-state index contributed by atoms with van der Waals surface area (Å²) < 4.78 is 8.12. The molecule has 128 valence electrons. The third-order valence-corrected chi connectivity index (χ3v) is 4.83. The molecule has 0 N–H and O–H groups in total. The van der Waals surface area contributed by atoms with E-state index in [0.29, 0.717) is 0 Å². The monoisotopic (exact) mass is 352 g/mol. The van der Waals surface area contributed by atoms with Gasteiger partial charge in [0.05, 0.1) is 6.61 Å². The number of aromatic nitrogens is 1. The highest BCUT2D eigenvalue weighted by molar-refractivity contribution is 6.30. The summed E-state index contributed by atoms with van der Waals surface area (Å²) in [6.07, 6.45) is 4.22. The predicted molar refractivity (Wildman–Crippen MR) is 101 cm³/mol. The Hall–Kier alpha value is -2.07. The molecular weight excluding hydrogens is 332 g/mol. The Bertz CT molecular complexity index is 856. The first-order chi connectivity index (χ1) is 12.2. The zero-order chi connectivity index (χ0) is 17.2. The molecule has 2 aromatic carbocycles. The summed E-state index contributed by atoms with van der Waals surface area (Å²) in [7, 11) is 0. The van der Waals surface area contributed by atoms with Crippen LogP contribution in [0.1, 0.15) is 22.9 Å². The molecule has 2 heterocycles. The smallest absolute Gasteiger partial charge is 0.138 e. The molecule has 3 nitrogen and oxygen atoms in total. The second-order valence-corrected chi connectivity index (χ2v) is 6.95. The van der Waals surface area contributed by atoms with Crippen molar-refractivity contribution in [3.8, 4) is 5.69 Å². The van der Waals surface area contributed by atoms with Gasteiger partial charge in [-0.15, -0.1) is 0 Å². The van der Waals surface area contributed by atoms with E-state index in [1.165, 1.54) is 16.7 Å². The molecule has 3 aromatic rings. The van der Waals surface area contributed by atoms with Crippen molar-refractivity contribution >= 4 is 11.6 Å². The van der Waals surface area contributed by atoms with Crippen molar-refractivity contribution < 1.29 is 4.74 Å². The van der Waals surface area contributed by atoms with Crippen molar-refractivity contribution in [2.75, 3.05) is 13.2 Å². The third-order valence-electron chi connectivity index (χ3n) is 4.58. The lowest BCUT2D eigenvalue weighted by atomic mass is 10.1. The van der Waals surface area contributed by atoms with Crippen LogP contribution in [0.15, 0.2) is 67.0 Å². The van der Waals surface area contributed by atoms with Gasteiger partial charge in [-0.05, 0) is 42.8 Å². The van der Waals surface area contributed by atoms with Crippen molar-refractivity contribution in [3.63, 3.8) is 0 Å². The van der Waals surface area contributed by atoms with E-state index in [9.17, 15) is 0 Å². The van der Waals surface area contributed by atoms with E-state index >= 15 is 0 Å². The highest BCUT2D eigenvalue weighted by atomic mass is 35.5. The number of halogens is 1. The van der Waals surface area contributed by atoms with Crippen molar-refractivity contribution in [2.24, 2.45) is 0 Å². The van der Waals surface area contributed by atoms with Crippen LogP contribution >= 0.6 is 11.6 Å². The summed E-state index contributed by atoms with van der Waals surface area (Å²) in [5.41, 5.74) is 4.90. The van der Waals surface area contributed by atoms with E-state index in [-0.39, 0.29) is 6.23 Å². The fraction of sp³-hybridized carbons (Fsp3) is 0.238. The lowest BCUT2D eigenvalue weighted by Crippen LogP contribution is -2.23. The van der Waals surface area contributed by atoms with E-state index in [1.807, 2.05) is 24.3 Å². The van der Waals surface area contributed by atoms with Crippen LogP contribution in [-0.4, -0.2) is 22.6 Å². The van der Waals surface area contributed by atoms with Gasteiger partial charge in [-0.3, -0.25) is 4.90 Å². The summed E-state index contributed by atoms with van der Waals surface area (Å²) >= 11 is 5.98. The molecule has 0 bridgehead atoms. The number of aryl methyl sites for hydroxylation is 1.